The van der Waals surface area contributed by atoms with Gasteiger partial charge in [0, 0.05) is 13.1 Å². The van der Waals surface area contributed by atoms with Crippen molar-refractivity contribution in [3.63, 3.8) is 0 Å². The third-order valence-corrected chi connectivity index (χ3v) is 6.81. The molecule has 0 spiro atoms. The number of nitrogens with one attached hydrogen (secondary N) is 2. The Balaban J connectivity index is 1.07. The lowest BCUT2D eigenvalue weighted by atomic mass is 10.0. The van der Waals surface area contributed by atoms with Gasteiger partial charge in [-0.05, 0) is 75.5 Å². The molecule has 0 aliphatic heterocycles. The molecule has 34 heavy (non-hydrogen) atoms. The Morgan fingerprint density at radius 2 is 1.29 bits per heavy atom. The lowest BCUT2D eigenvalue weighted by Gasteiger charge is -2.18. The maximum absolute atomic E-state index is 11.9. The second-order valence-corrected chi connectivity index (χ2v) is 9.30. The van der Waals surface area contributed by atoms with E-state index in [1.807, 2.05) is 0 Å². The zero-order valence-corrected chi connectivity index (χ0v) is 20.4. The fourth-order valence-corrected chi connectivity index (χ4v) is 4.87. The predicted molar refractivity (Wildman–Crippen MR) is 130 cm³/mol. The molecule has 0 aromatic rings. The standard InChI is InChI=1S/C26H42N2O6/c29-25(33-20-24-22-12-8-4-5-9-13-23(22)24)27-14-16-31-18-19-32-17-15-28-26(30)34-21-10-6-2-1-3-7-11-21/h1-2,4-5,21-24H,3,6-20H2,(H,27,29)(H,28,30)/b2-1+,5-4-/t21?,22-,23+,24-. The van der Waals surface area contributed by atoms with Crippen LogP contribution in [0.25, 0.3) is 0 Å². The Bertz CT molecular complexity index is 652. The van der Waals surface area contributed by atoms with Crippen molar-refractivity contribution < 1.29 is 28.5 Å². The summed E-state index contributed by atoms with van der Waals surface area (Å²) < 4.78 is 21.8. The van der Waals surface area contributed by atoms with Gasteiger partial charge in [-0.1, -0.05) is 24.3 Å². The topological polar surface area (TPSA) is 95.1 Å². The van der Waals surface area contributed by atoms with E-state index in [9.17, 15) is 9.59 Å². The van der Waals surface area contributed by atoms with Crippen molar-refractivity contribution in [2.45, 2.75) is 63.9 Å². The first-order valence-corrected chi connectivity index (χ1v) is 13.0. The number of carbonyl (C=O) groups is 2. The second kappa shape index (κ2) is 15.8. The molecule has 0 bridgehead atoms. The number of fused-ring (bicyclic) bond motifs is 1. The summed E-state index contributed by atoms with van der Waals surface area (Å²) in [6, 6.07) is 0. The molecule has 2 amide bonds. The van der Waals surface area contributed by atoms with Gasteiger partial charge in [0.15, 0.2) is 0 Å². The molecule has 2 N–H and O–H groups in total. The van der Waals surface area contributed by atoms with Gasteiger partial charge in [0.2, 0.25) is 0 Å². The highest BCUT2D eigenvalue weighted by atomic mass is 16.6. The smallest absolute Gasteiger partial charge is 0.407 e. The van der Waals surface area contributed by atoms with Crippen molar-refractivity contribution in [3.8, 4) is 0 Å². The van der Waals surface area contributed by atoms with Gasteiger partial charge in [-0.15, -0.1) is 0 Å². The number of allylic oxidation sites excluding steroid dienone is 4. The Morgan fingerprint density at radius 1 is 0.706 bits per heavy atom. The first-order chi connectivity index (χ1) is 16.7. The van der Waals surface area contributed by atoms with Crippen LogP contribution in [-0.2, 0) is 18.9 Å². The highest BCUT2D eigenvalue weighted by Crippen LogP contribution is 2.52. The summed E-state index contributed by atoms with van der Waals surface area (Å²) in [5.74, 6) is 1.99. The number of carbonyl (C=O) groups excluding carboxylic acids is 2. The molecular formula is C26H42N2O6. The lowest BCUT2D eigenvalue weighted by molar-refractivity contribution is 0.0468. The van der Waals surface area contributed by atoms with Crippen LogP contribution in [0.15, 0.2) is 24.3 Å². The van der Waals surface area contributed by atoms with E-state index in [-0.39, 0.29) is 18.3 Å². The molecule has 8 nitrogen and oxygen atoms in total. The van der Waals surface area contributed by atoms with Gasteiger partial charge in [-0.25, -0.2) is 9.59 Å². The predicted octanol–water partition coefficient (Wildman–Crippen LogP) is 4.35. The maximum atomic E-state index is 11.9. The zero-order chi connectivity index (χ0) is 23.8. The average Bonchev–Trinajstić information content (AvgIpc) is 3.44. The highest BCUT2D eigenvalue weighted by molar-refractivity contribution is 5.67. The molecule has 0 aromatic carbocycles. The molecule has 0 heterocycles. The fourth-order valence-electron chi connectivity index (χ4n) is 4.87. The third kappa shape index (κ3) is 10.5. The van der Waals surface area contributed by atoms with Crippen LogP contribution in [0, 0.1) is 17.8 Å². The number of hydrogen-bond acceptors (Lipinski definition) is 6. The van der Waals surface area contributed by atoms with Crippen LogP contribution in [0.4, 0.5) is 9.59 Å². The molecule has 0 saturated heterocycles. The molecule has 192 valence electrons. The second-order valence-electron chi connectivity index (χ2n) is 9.30. The number of alkyl carbamates (subject to hydrolysis) is 2. The molecular weight excluding hydrogens is 436 g/mol. The summed E-state index contributed by atoms with van der Waals surface area (Å²) in [5.41, 5.74) is 0. The van der Waals surface area contributed by atoms with E-state index >= 15 is 0 Å². The van der Waals surface area contributed by atoms with Crippen LogP contribution in [0.2, 0.25) is 0 Å². The minimum Gasteiger partial charge on any atom is -0.449 e. The van der Waals surface area contributed by atoms with Crippen molar-refractivity contribution in [2.75, 3.05) is 46.1 Å². The van der Waals surface area contributed by atoms with Crippen LogP contribution >= 0.6 is 0 Å². The van der Waals surface area contributed by atoms with E-state index in [1.165, 1.54) is 12.8 Å². The van der Waals surface area contributed by atoms with Gasteiger partial charge in [0.25, 0.3) is 0 Å². The number of amides is 2. The summed E-state index contributed by atoms with van der Waals surface area (Å²) in [6.07, 6.45) is 17.7. The summed E-state index contributed by atoms with van der Waals surface area (Å²) in [7, 11) is 0. The lowest BCUT2D eigenvalue weighted by Crippen LogP contribution is -2.32. The summed E-state index contributed by atoms with van der Waals surface area (Å²) in [5, 5.41) is 5.46. The van der Waals surface area contributed by atoms with E-state index in [2.05, 4.69) is 34.9 Å². The molecule has 3 aliphatic rings. The fraction of sp³-hybridized carbons (Fsp3) is 0.769. The van der Waals surface area contributed by atoms with Gasteiger partial charge in [-0.3, -0.25) is 0 Å². The monoisotopic (exact) mass is 478 g/mol. The Labute approximate surface area is 203 Å². The van der Waals surface area contributed by atoms with E-state index in [0.717, 1.165) is 56.8 Å². The number of ether oxygens (including phenoxy) is 4. The van der Waals surface area contributed by atoms with Gasteiger partial charge < -0.3 is 29.6 Å². The van der Waals surface area contributed by atoms with Gasteiger partial charge in [0.05, 0.1) is 33.0 Å². The Hall–Kier alpha value is -2.06. The Morgan fingerprint density at radius 3 is 1.97 bits per heavy atom. The average molecular weight is 479 g/mol. The minimum absolute atomic E-state index is 0.00480. The van der Waals surface area contributed by atoms with Crippen molar-refractivity contribution in [1.82, 2.24) is 10.6 Å². The molecule has 4 atom stereocenters. The van der Waals surface area contributed by atoms with Gasteiger partial charge >= 0.3 is 12.2 Å². The van der Waals surface area contributed by atoms with E-state index in [4.69, 9.17) is 18.9 Å². The first-order valence-electron chi connectivity index (χ1n) is 13.0. The maximum Gasteiger partial charge on any atom is 0.407 e. The largest absolute Gasteiger partial charge is 0.449 e. The number of rotatable bonds is 12. The van der Waals surface area contributed by atoms with E-state index in [0.29, 0.717) is 52.0 Å². The van der Waals surface area contributed by atoms with Gasteiger partial charge in [0.1, 0.15) is 6.10 Å². The molecule has 3 aliphatic carbocycles. The Kier molecular flexibility index (Phi) is 12.3. The van der Waals surface area contributed by atoms with Crippen molar-refractivity contribution >= 4 is 12.2 Å². The van der Waals surface area contributed by atoms with Crippen LogP contribution in [-0.4, -0.2) is 64.4 Å². The van der Waals surface area contributed by atoms with Crippen LogP contribution in [0.5, 0.6) is 0 Å². The number of hydrogen-bond donors (Lipinski definition) is 2. The third-order valence-electron chi connectivity index (χ3n) is 6.81. The summed E-state index contributed by atoms with van der Waals surface area (Å²) >= 11 is 0. The highest BCUT2D eigenvalue weighted by Gasteiger charge is 2.49. The van der Waals surface area contributed by atoms with Crippen LogP contribution in [0.3, 0.4) is 0 Å². The minimum atomic E-state index is -0.379. The van der Waals surface area contributed by atoms with Crippen molar-refractivity contribution in [1.29, 1.82) is 0 Å². The first kappa shape index (κ1) is 26.5. The molecule has 0 aromatic heterocycles. The van der Waals surface area contributed by atoms with E-state index in [1.54, 1.807) is 0 Å². The molecule has 1 unspecified atom stereocenters. The molecule has 1 fully saturated rings. The molecule has 0 radical (unpaired) electrons. The summed E-state index contributed by atoms with van der Waals surface area (Å²) in [6.45, 7) is 2.99. The van der Waals surface area contributed by atoms with Crippen LogP contribution in [0.1, 0.15) is 57.8 Å². The van der Waals surface area contributed by atoms with E-state index < -0.39 is 0 Å². The molecule has 8 heteroatoms. The molecule has 3 rings (SSSR count). The zero-order valence-electron chi connectivity index (χ0n) is 20.4. The quantitative estimate of drug-likeness (QED) is 0.320. The van der Waals surface area contributed by atoms with Crippen molar-refractivity contribution in [3.05, 3.63) is 24.3 Å². The van der Waals surface area contributed by atoms with Crippen molar-refractivity contribution in [2.24, 2.45) is 17.8 Å². The summed E-state index contributed by atoms with van der Waals surface area (Å²) in [4.78, 5) is 23.7. The van der Waals surface area contributed by atoms with Crippen LogP contribution < -0.4 is 10.6 Å². The van der Waals surface area contributed by atoms with Gasteiger partial charge in [-0.2, -0.15) is 0 Å². The SMILES string of the molecule is O=C(NCCOCCOCCNC(=O)OC1CC/C=C/CCC1)OC[C@@H]1[C@@H]2CC/C=C\CC[C@@H]21. The normalized spacial score (nSPS) is 28.1. The molecule has 1 saturated carbocycles.